The second-order valence-electron chi connectivity index (χ2n) is 9.79. The maximum Gasteiger partial charge on any atom is 0.344 e. The van der Waals surface area contributed by atoms with Crippen molar-refractivity contribution >= 4 is 11.7 Å². The van der Waals surface area contributed by atoms with Gasteiger partial charge in [-0.2, -0.15) is 0 Å². The van der Waals surface area contributed by atoms with Crippen molar-refractivity contribution in [2.75, 3.05) is 6.61 Å². The molecular weight excluding hydrogens is 330 g/mol. The summed E-state index contributed by atoms with van der Waals surface area (Å²) in [5.74, 6) is 1.88. The summed E-state index contributed by atoms with van der Waals surface area (Å²) >= 11 is 0. The van der Waals surface area contributed by atoms with Crippen LogP contribution >= 0.6 is 0 Å². The normalized spacial score (nSPS) is 49.2. The zero-order valence-corrected chi connectivity index (χ0v) is 16.1. The van der Waals surface area contributed by atoms with Gasteiger partial charge in [0, 0.05) is 5.41 Å². The van der Waals surface area contributed by atoms with E-state index in [0.29, 0.717) is 17.3 Å². The molecule has 4 aliphatic rings. The van der Waals surface area contributed by atoms with Crippen molar-refractivity contribution in [1.82, 2.24) is 0 Å². The molecule has 0 heterocycles. The lowest BCUT2D eigenvalue weighted by atomic mass is 9.45. The van der Waals surface area contributed by atoms with Gasteiger partial charge in [0.15, 0.2) is 0 Å². The molecule has 0 aliphatic heterocycles. The summed E-state index contributed by atoms with van der Waals surface area (Å²) in [6, 6.07) is 0. The van der Waals surface area contributed by atoms with Gasteiger partial charge in [-0.1, -0.05) is 19.0 Å². The van der Waals surface area contributed by atoms with Crippen LogP contribution < -0.4 is 0 Å². The van der Waals surface area contributed by atoms with Gasteiger partial charge < -0.3 is 15.1 Å². The highest BCUT2D eigenvalue weighted by Gasteiger charge is 2.59. The first-order valence-corrected chi connectivity index (χ1v) is 10.4. The largest absolute Gasteiger partial charge is 0.479 e. The smallest absolute Gasteiger partial charge is 0.344 e. The van der Waals surface area contributed by atoms with Gasteiger partial charge >= 0.3 is 5.97 Å². The van der Waals surface area contributed by atoms with Crippen LogP contribution in [0.15, 0.2) is 5.16 Å². The second-order valence-corrected chi connectivity index (χ2v) is 9.79. The average molecular weight is 363 g/mol. The van der Waals surface area contributed by atoms with Gasteiger partial charge in [0.05, 0.1) is 11.8 Å². The molecule has 0 amide bonds. The molecule has 0 aromatic rings. The summed E-state index contributed by atoms with van der Waals surface area (Å²) in [5.41, 5.74) is 1.56. The lowest BCUT2D eigenvalue weighted by Gasteiger charge is -2.60. The fourth-order valence-corrected chi connectivity index (χ4v) is 7.34. The molecule has 26 heavy (non-hydrogen) atoms. The monoisotopic (exact) mass is 363 g/mol. The van der Waals surface area contributed by atoms with Crippen LogP contribution in [0.3, 0.4) is 0 Å². The van der Waals surface area contributed by atoms with E-state index in [9.17, 15) is 9.90 Å². The third kappa shape index (κ3) is 2.78. The molecule has 5 nitrogen and oxygen atoms in total. The fourth-order valence-electron chi connectivity index (χ4n) is 7.34. The number of hydrogen-bond donors (Lipinski definition) is 2. The van der Waals surface area contributed by atoms with E-state index in [-0.39, 0.29) is 18.1 Å². The highest BCUT2D eigenvalue weighted by molar-refractivity contribution is 5.92. The molecule has 4 fully saturated rings. The van der Waals surface area contributed by atoms with Crippen LogP contribution in [0.25, 0.3) is 0 Å². The SMILES string of the molecule is C[C@]12CC[C@@H](O)C[C@@H]1CC[C@@H]1[C@@H]2CC[C@]2(C)C(=NOCC(=O)O)CC[C@@H]12. The Morgan fingerprint density at radius 2 is 1.96 bits per heavy atom. The van der Waals surface area contributed by atoms with Crippen molar-refractivity contribution in [3.05, 3.63) is 0 Å². The minimum Gasteiger partial charge on any atom is -0.479 e. The number of hydrogen-bond acceptors (Lipinski definition) is 4. The summed E-state index contributed by atoms with van der Waals surface area (Å²) in [7, 11) is 0. The van der Waals surface area contributed by atoms with Crippen LogP contribution in [-0.4, -0.2) is 34.6 Å². The number of oxime groups is 1. The van der Waals surface area contributed by atoms with E-state index in [0.717, 1.165) is 49.7 Å². The van der Waals surface area contributed by atoms with Gasteiger partial charge in [0.25, 0.3) is 0 Å². The van der Waals surface area contributed by atoms with E-state index in [4.69, 9.17) is 9.94 Å². The Bertz CT molecular complexity index is 605. The predicted octanol–water partition coefficient (Wildman–Crippen LogP) is 3.85. The molecule has 4 aliphatic carbocycles. The minimum atomic E-state index is -0.969. The molecule has 0 spiro atoms. The molecule has 0 radical (unpaired) electrons. The third-order valence-corrected chi connectivity index (χ3v) is 8.74. The van der Waals surface area contributed by atoms with Crippen molar-refractivity contribution < 1.29 is 19.8 Å². The summed E-state index contributed by atoms with van der Waals surface area (Å²) in [5, 5.41) is 23.2. The summed E-state index contributed by atoms with van der Waals surface area (Å²) in [6.07, 6.45) is 10.1. The average Bonchev–Trinajstić information content (AvgIpc) is 2.92. The van der Waals surface area contributed by atoms with Gasteiger partial charge in [-0.25, -0.2) is 4.79 Å². The van der Waals surface area contributed by atoms with Crippen LogP contribution in [0.4, 0.5) is 0 Å². The Morgan fingerprint density at radius 1 is 1.15 bits per heavy atom. The number of rotatable bonds is 3. The quantitative estimate of drug-likeness (QED) is 0.747. The Kier molecular flexibility index (Phi) is 4.57. The van der Waals surface area contributed by atoms with Gasteiger partial charge in [0.2, 0.25) is 6.61 Å². The molecule has 0 saturated heterocycles. The molecule has 0 aromatic heterocycles. The Labute approximate surface area is 156 Å². The topological polar surface area (TPSA) is 79.1 Å². The van der Waals surface area contributed by atoms with E-state index < -0.39 is 5.97 Å². The Morgan fingerprint density at radius 3 is 2.73 bits per heavy atom. The number of fused-ring (bicyclic) bond motifs is 5. The maximum absolute atomic E-state index is 10.7. The molecule has 2 N–H and O–H groups in total. The van der Waals surface area contributed by atoms with Crippen LogP contribution in [-0.2, 0) is 9.63 Å². The third-order valence-electron chi connectivity index (χ3n) is 8.74. The van der Waals surface area contributed by atoms with Crippen molar-refractivity contribution in [2.24, 2.45) is 39.7 Å². The van der Waals surface area contributed by atoms with Crippen molar-refractivity contribution in [2.45, 2.75) is 77.7 Å². The first-order chi connectivity index (χ1) is 12.3. The van der Waals surface area contributed by atoms with Gasteiger partial charge in [-0.3, -0.25) is 0 Å². The van der Waals surface area contributed by atoms with Crippen LogP contribution in [0, 0.1) is 34.5 Å². The first kappa shape index (κ1) is 18.3. The van der Waals surface area contributed by atoms with Gasteiger partial charge in [0.1, 0.15) is 0 Å². The van der Waals surface area contributed by atoms with Crippen LogP contribution in [0.1, 0.15) is 71.6 Å². The number of aliphatic hydroxyl groups is 1. The van der Waals surface area contributed by atoms with E-state index in [1.165, 1.54) is 25.7 Å². The highest BCUT2D eigenvalue weighted by atomic mass is 16.6. The van der Waals surface area contributed by atoms with E-state index in [1.807, 2.05) is 0 Å². The van der Waals surface area contributed by atoms with Gasteiger partial charge in [-0.05, 0) is 86.9 Å². The molecule has 0 aromatic carbocycles. The van der Waals surface area contributed by atoms with E-state index in [2.05, 4.69) is 19.0 Å². The number of aliphatic carboxylic acids is 1. The highest BCUT2D eigenvalue weighted by Crippen LogP contribution is 2.65. The van der Waals surface area contributed by atoms with Crippen molar-refractivity contribution in [3.63, 3.8) is 0 Å². The molecule has 0 unspecified atom stereocenters. The number of carbonyl (C=O) groups is 1. The number of nitrogens with zero attached hydrogens (tertiary/aromatic N) is 1. The maximum atomic E-state index is 10.7. The first-order valence-electron chi connectivity index (χ1n) is 10.4. The van der Waals surface area contributed by atoms with Crippen LogP contribution in [0.5, 0.6) is 0 Å². The predicted molar refractivity (Wildman–Crippen MR) is 98.8 cm³/mol. The fraction of sp³-hybridized carbons (Fsp3) is 0.905. The van der Waals surface area contributed by atoms with E-state index in [1.54, 1.807) is 0 Å². The molecule has 7 atom stereocenters. The molecule has 0 bridgehead atoms. The van der Waals surface area contributed by atoms with Crippen molar-refractivity contribution in [1.29, 1.82) is 0 Å². The number of aliphatic hydroxyl groups excluding tert-OH is 1. The molecule has 4 saturated carbocycles. The summed E-state index contributed by atoms with van der Waals surface area (Å²) in [6.45, 7) is 4.49. The summed E-state index contributed by atoms with van der Waals surface area (Å²) < 4.78 is 0. The molecule has 4 rings (SSSR count). The lowest BCUT2D eigenvalue weighted by Crippen LogP contribution is -2.54. The summed E-state index contributed by atoms with van der Waals surface area (Å²) in [4.78, 5) is 15.8. The minimum absolute atomic E-state index is 0.0804. The molecular formula is C21H33NO4. The number of carboxylic acid groups (broad SMARTS) is 1. The standard InChI is InChI=1S/C21H33NO4/c1-20-9-7-14(23)11-13(20)3-4-15-16-5-6-18(22-26-12-19(24)25)21(16,2)10-8-17(15)20/h13-17,23H,3-12H2,1-2H3,(H,24,25)/t13-,14+,15-,16-,17-,20-,21-/m0/s1. The van der Waals surface area contributed by atoms with Crippen LogP contribution in [0.2, 0.25) is 0 Å². The van der Waals surface area contributed by atoms with E-state index >= 15 is 0 Å². The van der Waals surface area contributed by atoms with Crippen molar-refractivity contribution in [3.8, 4) is 0 Å². The zero-order chi connectivity index (χ0) is 18.5. The second kappa shape index (κ2) is 6.50. The van der Waals surface area contributed by atoms with Gasteiger partial charge in [-0.15, -0.1) is 0 Å². The Balaban J connectivity index is 1.53. The lowest BCUT2D eigenvalue weighted by molar-refractivity contribution is -0.142. The Hall–Kier alpha value is -1.10. The molecule has 5 heteroatoms. The molecule has 146 valence electrons. The zero-order valence-electron chi connectivity index (χ0n) is 16.1. The number of carboxylic acids is 1.